The van der Waals surface area contributed by atoms with Crippen molar-refractivity contribution in [3.8, 4) is 0 Å². The second-order valence-corrected chi connectivity index (χ2v) is 3.47. The number of rotatable bonds is 0. The lowest BCUT2D eigenvalue weighted by molar-refractivity contribution is 0.0989. The molecule has 0 saturated carbocycles. The molecule has 2 aromatic heterocycles. The van der Waals surface area contributed by atoms with Gasteiger partial charge in [-0.25, -0.2) is 4.52 Å². The zero-order chi connectivity index (χ0) is 9.71. The fraction of sp³-hybridized carbons (Fsp3) is 0.333. The third-order valence-electron chi connectivity index (χ3n) is 2.45. The van der Waals surface area contributed by atoms with Gasteiger partial charge in [0.1, 0.15) is 0 Å². The lowest BCUT2D eigenvalue weighted by Crippen LogP contribution is -2.05. The van der Waals surface area contributed by atoms with Crippen LogP contribution in [-0.2, 0) is 6.42 Å². The van der Waals surface area contributed by atoms with E-state index in [-0.39, 0.29) is 5.78 Å². The summed E-state index contributed by atoms with van der Waals surface area (Å²) in [6.07, 6.45) is 1.25. The summed E-state index contributed by atoms with van der Waals surface area (Å²) in [5.41, 5.74) is 3.00. The van der Waals surface area contributed by atoms with Gasteiger partial charge in [0.05, 0.1) is 11.4 Å². The molecular weight excluding hydrogens is 180 g/mol. The monoisotopic (exact) mass is 188 g/mol. The van der Waals surface area contributed by atoms with Crippen LogP contribution < -0.4 is 0 Å². The molecule has 2 aromatic rings. The molecule has 2 heterocycles. The van der Waals surface area contributed by atoms with Crippen molar-refractivity contribution in [3.05, 3.63) is 23.1 Å². The highest BCUT2D eigenvalue weighted by Gasteiger charge is 2.25. The summed E-state index contributed by atoms with van der Waals surface area (Å²) in [6.45, 7) is 1.90. The second kappa shape index (κ2) is 2.37. The molecule has 14 heavy (non-hydrogen) atoms. The van der Waals surface area contributed by atoms with Crippen molar-refractivity contribution < 1.29 is 4.79 Å². The second-order valence-electron chi connectivity index (χ2n) is 3.47. The topological polar surface area (TPSA) is 60.1 Å². The number of fused-ring (bicyclic) bond motifs is 3. The summed E-state index contributed by atoms with van der Waals surface area (Å²) in [6, 6.07) is 1.86. The molecule has 1 aliphatic rings. The van der Waals surface area contributed by atoms with Gasteiger partial charge in [0.15, 0.2) is 17.1 Å². The van der Waals surface area contributed by atoms with E-state index >= 15 is 0 Å². The number of hydrogen-bond acceptors (Lipinski definition) is 4. The molecule has 0 spiro atoms. The smallest absolute Gasteiger partial charge is 0.185 e. The Morgan fingerprint density at radius 3 is 3.07 bits per heavy atom. The standard InChI is InChI=1S/C9H8N4O/c1-5-4-8-10-11-9-6(13(8)12-5)2-3-7(9)14/h4H,2-3H2,1H3. The van der Waals surface area contributed by atoms with E-state index in [1.165, 1.54) is 0 Å². The fourth-order valence-corrected chi connectivity index (χ4v) is 1.81. The number of aromatic nitrogens is 4. The van der Waals surface area contributed by atoms with Crippen molar-refractivity contribution in [3.63, 3.8) is 0 Å². The Kier molecular flexibility index (Phi) is 1.29. The molecule has 0 bridgehead atoms. The van der Waals surface area contributed by atoms with E-state index in [0.29, 0.717) is 12.1 Å². The van der Waals surface area contributed by atoms with E-state index in [1.807, 2.05) is 13.0 Å². The van der Waals surface area contributed by atoms with Gasteiger partial charge in [-0.2, -0.15) is 5.10 Å². The average Bonchev–Trinajstić information content (AvgIpc) is 2.68. The van der Waals surface area contributed by atoms with Gasteiger partial charge in [-0.15, -0.1) is 10.2 Å². The SMILES string of the molecule is Cc1cc2nnc3c(n2n1)CCC3=O. The first-order valence-corrected chi connectivity index (χ1v) is 4.51. The molecule has 0 unspecified atom stereocenters. The molecule has 0 amide bonds. The van der Waals surface area contributed by atoms with E-state index in [0.717, 1.165) is 23.5 Å². The van der Waals surface area contributed by atoms with Crippen LogP contribution in [0.3, 0.4) is 0 Å². The van der Waals surface area contributed by atoms with Gasteiger partial charge in [0.25, 0.3) is 0 Å². The van der Waals surface area contributed by atoms with Gasteiger partial charge in [0, 0.05) is 12.5 Å². The maximum absolute atomic E-state index is 11.4. The highest BCUT2D eigenvalue weighted by Crippen LogP contribution is 2.19. The summed E-state index contributed by atoms with van der Waals surface area (Å²) in [7, 11) is 0. The first-order chi connectivity index (χ1) is 6.75. The van der Waals surface area contributed by atoms with E-state index < -0.39 is 0 Å². The summed E-state index contributed by atoms with van der Waals surface area (Å²) in [4.78, 5) is 11.4. The van der Waals surface area contributed by atoms with Gasteiger partial charge in [-0.05, 0) is 13.3 Å². The number of nitrogens with zero attached hydrogens (tertiary/aromatic N) is 4. The molecule has 70 valence electrons. The molecule has 0 saturated heterocycles. The van der Waals surface area contributed by atoms with Gasteiger partial charge in [-0.1, -0.05) is 0 Å². The lowest BCUT2D eigenvalue weighted by Gasteiger charge is -1.98. The van der Waals surface area contributed by atoms with Crippen molar-refractivity contribution in [1.29, 1.82) is 0 Å². The molecule has 5 heteroatoms. The number of ketones is 1. The highest BCUT2D eigenvalue weighted by molar-refractivity contribution is 5.98. The van der Waals surface area contributed by atoms with Crippen LogP contribution in [0.1, 0.15) is 28.3 Å². The van der Waals surface area contributed by atoms with Gasteiger partial charge in [-0.3, -0.25) is 4.79 Å². The molecule has 0 fully saturated rings. The Morgan fingerprint density at radius 1 is 1.36 bits per heavy atom. The molecule has 0 aliphatic heterocycles. The van der Waals surface area contributed by atoms with Crippen LogP contribution in [0.15, 0.2) is 6.07 Å². The van der Waals surface area contributed by atoms with Crippen molar-refractivity contribution in [2.75, 3.05) is 0 Å². The predicted molar refractivity (Wildman–Crippen MR) is 48.2 cm³/mol. The minimum absolute atomic E-state index is 0.0718. The number of carbonyl (C=O) groups is 1. The van der Waals surface area contributed by atoms with Crippen LogP contribution >= 0.6 is 0 Å². The fourth-order valence-electron chi connectivity index (χ4n) is 1.81. The van der Waals surface area contributed by atoms with Crippen LogP contribution in [0.4, 0.5) is 0 Å². The van der Waals surface area contributed by atoms with Crippen LogP contribution in [0.25, 0.3) is 5.65 Å². The Hall–Kier alpha value is -1.78. The molecule has 0 aromatic carbocycles. The van der Waals surface area contributed by atoms with Crippen molar-refractivity contribution >= 4 is 11.4 Å². The third-order valence-corrected chi connectivity index (χ3v) is 2.45. The van der Waals surface area contributed by atoms with E-state index in [2.05, 4.69) is 15.3 Å². The van der Waals surface area contributed by atoms with Crippen molar-refractivity contribution in [2.24, 2.45) is 0 Å². The van der Waals surface area contributed by atoms with E-state index in [9.17, 15) is 4.79 Å². The number of Topliss-reactive ketones (excluding diaryl/α,β-unsaturated/α-hetero) is 1. The molecule has 3 rings (SSSR count). The zero-order valence-corrected chi connectivity index (χ0v) is 7.69. The quantitative estimate of drug-likeness (QED) is 0.606. The average molecular weight is 188 g/mol. The maximum Gasteiger partial charge on any atom is 0.185 e. The summed E-state index contributed by atoms with van der Waals surface area (Å²) in [5, 5.41) is 12.2. The first-order valence-electron chi connectivity index (χ1n) is 4.51. The van der Waals surface area contributed by atoms with Gasteiger partial charge in [0.2, 0.25) is 0 Å². The normalized spacial score (nSPS) is 15.1. The molecule has 0 radical (unpaired) electrons. The summed E-state index contributed by atoms with van der Waals surface area (Å²) >= 11 is 0. The Balaban J connectivity index is 2.42. The number of carbonyl (C=O) groups excluding carboxylic acids is 1. The summed E-state index contributed by atoms with van der Waals surface area (Å²) < 4.78 is 1.72. The van der Waals surface area contributed by atoms with Gasteiger partial charge < -0.3 is 0 Å². The maximum atomic E-state index is 11.4. The zero-order valence-electron chi connectivity index (χ0n) is 7.69. The summed E-state index contributed by atoms with van der Waals surface area (Å²) in [5.74, 6) is 0.0718. The van der Waals surface area contributed by atoms with E-state index in [1.54, 1.807) is 4.52 Å². The van der Waals surface area contributed by atoms with Crippen LogP contribution in [0.2, 0.25) is 0 Å². The number of hydrogen-bond donors (Lipinski definition) is 0. The van der Waals surface area contributed by atoms with Crippen LogP contribution in [0.5, 0.6) is 0 Å². The Morgan fingerprint density at radius 2 is 2.21 bits per heavy atom. The molecular formula is C9H8N4O. The molecule has 5 nitrogen and oxygen atoms in total. The van der Waals surface area contributed by atoms with E-state index in [4.69, 9.17) is 0 Å². The Labute approximate surface area is 79.8 Å². The highest BCUT2D eigenvalue weighted by atomic mass is 16.1. The minimum atomic E-state index is 0.0718. The van der Waals surface area contributed by atoms with Crippen LogP contribution in [0, 0.1) is 6.92 Å². The molecule has 0 atom stereocenters. The minimum Gasteiger partial charge on any atom is -0.292 e. The third kappa shape index (κ3) is 0.837. The van der Waals surface area contributed by atoms with Gasteiger partial charge >= 0.3 is 0 Å². The first kappa shape index (κ1) is 7.61. The predicted octanol–water partition coefficient (Wildman–Crippen LogP) is 0.562. The lowest BCUT2D eigenvalue weighted by atomic mass is 10.3. The number of aryl methyl sites for hydroxylation is 2. The molecule has 1 aliphatic carbocycles. The van der Waals surface area contributed by atoms with Crippen LogP contribution in [-0.4, -0.2) is 25.6 Å². The Bertz CT molecular complexity index is 543. The van der Waals surface area contributed by atoms with Crippen molar-refractivity contribution in [2.45, 2.75) is 19.8 Å². The largest absolute Gasteiger partial charge is 0.292 e. The van der Waals surface area contributed by atoms with Crippen molar-refractivity contribution in [1.82, 2.24) is 19.8 Å². The molecule has 0 N–H and O–H groups in total.